The van der Waals surface area contributed by atoms with Gasteiger partial charge in [0.15, 0.2) is 0 Å². The van der Waals surface area contributed by atoms with Crippen LogP contribution in [0.4, 0.5) is 11.4 Å². The van der Waals surface area contributed by atoms with Crippen molar-refractivity contribution in [1.29, 1.82) is 0 Å². The van der Waals surface area contributed by atoms with Crippen molar-refractivity contribution in [3.63, 3.8) is 0 Å². The molecule has 1 saturated heterocycles. The molecule has 0 spiro atoms. The number of hydrogen-bond donors (Lipinski definition) is 2. The van der Waals surface area contributed by atoms with Crippen molar-refractivity contribution >= 4 is 40.6 Å². The van der Waals surface area contributed by atoms with Crippen molar-refractivity contribution in [2.45, 2.75) is 18.1 Å². The molecule has 16 heavy (non-hydrogen) atoms. The summed E-state index contributed by atoms with van der Waals surface area (Å²) in [6.45, 7) is 0. The van der Waals surface area contributed by atoms with Crippen molar-refractivity contribution in [3.05, 3.63) is 23.2 Å². The number of thioether (sulfide) groups is 1. The molecule has 3 nitrogen and oxygen atoms in total. The Bertz CT molecular complexity index is 405. The van der Waals surface area contributed by atoms with E-state index in [1.54, 1.807) is 30.0 Å². The molecule has 0 saturated carbocycles. The Labute approximate surface area is 104 Å². The number of carbonyl (C=O) groups excluding carboxylic acids is 1. The highest BCUT2D eigenvalue weighted by Gasteiger charge is 2.23. The molecular formula is C11H13ClN2OS. The van der Waals surface area contributed by atoms with Gasteiger partial charge in [0.2, 0.25) is 5.91 Å². The lowest BCUT2D eigenvalue weighted by Gasteiger charge is -2.11. The Morgan fingerprint density at radius 2 is 2.38 bits per heavy atom. The summed E-state index contributed by atoms with van der Waals surface area (Å²) in [6, 6.07) is 5.09. The number of amides is 1. The second-order valence-electron chi connectivity index (χ2n) is 3.72. The van der Waals surface area contributed by atoms with Gasteiger partial charge in [0.25, 0.3) is 0 Å². The van der Waals surface area contributed by atoms with Crippen LogP contribution in [0.3, 0.4) is 0 Å². The number of hydrogen-bond acceptors (Lipinski definition) is 3. The average molecular weight is 257 g/mol. The molecule has 0 aliphatic carbocycles. The van der Waals surface area contributed by atoms with Gasteiger partial charge in [-0.15, -0.1) is 11.8 Å². The van der Waals surface area contributed by atoms with Gasteiger partial charge in [-0.25, -0.2) is 0 Å². The number of carbonyl (C=O) groups is 1. The zero-order valence-electron chi connectivity index (χ0n) is 8.70. The van der Waals surface area contributed by atoms with Crippen molar-refractivity contribution in [2.75, 3.05) is 16.8 Å². The standard InChI is InChI=1S/C11H13ClN2OS/c12-7-3-4-9(8(13)6-7)14-11(15)10-2-1-5-16-10/h3-4,6,10H,1-2,5,13H2,(H,14,15). The summed E-state index contributed by atoms with van der Waals surface area (Å²) in [5.74, 6) is 1.10. The lowest BCUT2D eigenvalue weighted by Crippen LogP contribution is -2.23. The molecule has 0 aromatic heterocycles. The van der Waals surface area contributed by atoms with Crippen LogP contribution in [-0.2, 0) is 4.79 Å². The molecule has 1 heterocycles. The average Bonchev–Trinajstić information content (AvgIpc) is 2.75. The third-order valence-corrected chi connectivity index (χ3v) is 4.11. The fraction of sp³-hybridized carbons (Fsp3) is 0.364. The van der Waals surface area contributed by atoms with Crippen LogP contribution in [0.15, 0.2) is 18.2 Å². The number of benzene rings is 1. The van der Waals surface area contributed by atoms with Gasteiger partial charge in [0.05, 0.1) is 16.6 Å². The van der Waals surface area contributed by atoms with Gasteiger partial charge in [0.1, 0.15) is 0 Å². The second kappa shape index (κ2) is 4.97. The Morgan fingerprint density at radius 1 is 1.56 bits per heavy atom. The zero-order chi connectivity index (χ0) is 11.5. The summed E-state index contributed by atoms with van der Waals surface area (Å²) in [5.41, 5.74) is 6.91. The van der Waals surface area contributed by atoms with E-state index in [-0.39, 0.29) is 11.2 Å². The van der Waals surface area contributed by atoms with Gasteiger partial charge in [-0.1, -0.05) is 11.6 Å². The van der Waals surface area contributed by atoms with Gasteiger partial charge in [-0.3, -0.25) is 4.79 Å². The first-order chi connectivity index (χ1) is 7.66. The molecule has 0 radical (unpaired) electrons. The van der Waals surface area contributed by atoms with E-state index in [9.17, 15) is 4.79 Å². The molecule has 1 unspecified atom stereocenters. The van der Waals surface area contributed by atoms with Crippen LogP contribution in [0.2, 0.25) is 5.02 Å². The fourth-order valence-electron chi connectivity index (χ4n) is 1.65. The highest BCUT2D eigenvalue weighted by molar-refractivity contribution is 8.00. The van der Waals surface area contributed by atoms with E-state index < -0.39 is 0 Å². The van der Waals surface area contributed by atoms with Crippen LogP contribution >= 0.6 is 23.4 Å². The summed E-state index contributed by atoms with van der Waals surface area (Å²) >= 11 is 7.48. The van der Waals surface area contributed by atoms with Crippen LogP contribution < -0.4 is 11.1 Å². The molecule has 1 fully saturated rings. The minimum Gasteiger partial charge on any atom is -0.397 e. The molecule has 2 rings (SSSR count). The number of halogens is 1. The van der Waals surface area contributed by atoms with E-state index >= 15 is 0 Å². The summed E-state index contributed by atoms with van der Waals surface area (Å²) in [6.07, 6.45) is 2.06. The predicted molar refractivity (Wildman–Crippen MR) is 70.0 cm³/mol. The van der Waals surface area contributed by atoms with Gasteiger partial charge >= 0.3 is 0 Å². The maximum Gasteiger partial charge on any atom is 0.237 e. The second-order valence-corrected chi connectivity index (χ2v) is 5.47. The number of anilines is 2. The molecule has 1 aromatic rings. The first-order valence-electron chi connectivity index (χ1n) is 5.14. The summed E-state index contributed by atoms with van der Waals surface area (Å²) in [5, 5.41) is 3.48. The van der Waals surface area contributed by atoms with E-state index in [1.165, 1.54) is 0 Å². The van der Waals surface area contributed by atoms with E-state index in [1.807, 2.05) is 0 Å². The topological polar surface area (TPSA) is 55.1 Å². The van der Waals surface area contributed by atoms with Crippen LogP contribution in [0, 0.1) is 0 Å². The number of nitrogens with one attached hydrogen (secondary N) is 1. The molecule has 1 amide bonds. The predicted octanol–water partition coefficient (Wildman–Crippen LogP) is 2.76. The Balaban J connectivity index is 2.05. The third kappa shape index (κ3) is 2.62. The minimum absolute atomic E-state index is 0.0384. The molecule has 86 valence electrons. The van der Waals surface area contributed by atoms with Gasteiger partial charge in [0, 0.05) is 5.02 Å². The van der Waals surface area contributed by atoms with Crippen LogP contribution in [0.25, 0.3) is 0 Å². The Hall–Kier alpha value is -0.870. The number of nitrogen functional groups attached to an aromatic ring is 1. The zero-order valence-corrected chi connectivity index (χ0v) is 10.3. The quantitative estimate of drug-likeness (QED) is 0.800. The van der Waals surface area contributed by atoms with E-state index in [2.05, 4.69) is 5.32 Å². The van der Waals surface area contributed by atoms with E-state index in [0.29, 0.717) is 16.4 Å². The highest BCUT2D eigenvalue weighted by Crippen LogP contribution is 2.29. The molecule has 5 heteroatoms. The monoisotopic (exact) mass is 256 g/mol. The van der Waals surface area contributed by atoms with Crippen LogP contribution in [-0.4, -0.2) is 16.9 Å². The van der Waals surface area contributed by atoms with E-state index in [0.717, 1.165) is 18.6 Å². The van der Waals surface area contributed by atoms with Crippen molar-refractivity contribution in [1.82, 2.24) is 0 Å². The van der Waals surface area contributed by atoms with Crippen LogP contribution in [0.1, 0.15) is 12.8 Å². The molecule has 0 bridgehead atoms. The van der Waals surface area contributed by atoms with E-state index in [4.69, 9.17) is 17.3 Å². The maximum atomic E-state index is 11.8. The molecule has 1 atom stereocenters. The van der Waals surface area contributed by atoms with Crippen molar-refractivity contribution in [3.8, 4) is 0 Å². The molecular weight excluding hydrogens is 244 g/mol. The fourth-order valence-corrected chi connectivity index (χ4v) is 2.99. The SMILES string of the molecule is Nc1cc(Cl)ccc1NC(=O)C1CCCS1. The lowest BCUT2D eigenvalue weighted by molar-refractivity contribution is -0.115. The van der Waals surface area contributed by atoms with Gasteiger partial charge in [-0.05, 0) is 36.8 Å². The molecule has 1 aliphatic rings. The largest absolute Gasteiger partial charge is 0.397 e. The Kier molecular flexibility index (Phi) is 3.61. The normalized spacial score (nSPS) is 19.7. The minimum atomic E-state index is 0.0384. The van der Waals surface area contributed by atoms with Gasteiger partial charge < -0.3 is 11.1 Å². The summed E-state index contributed by atoms with van der Waals surface area (Å²) < 4.78 is 0. The first-order valence-corrected chi connectivity index (χ1v) is 6.57. The molecule has 1 aliphatic heterocycles. The Morgan fingerprint density at radius 3 is 3.00 bits per heavy atom. The maximum absolute atomic E-state index is 11.8. The summed E-state index contributed by atoms with van der Waals surface area (Å²) in [7, 11) is 0. The summed E-state index contributed by atoms with van der Waals surface area (Å²) in [4.78, 5) is 11.8. The molecule has 3 N–H and O–H groups in total. The lowest BCUT2D eigenvalue weighted by atomic mass is 10.2. The highest BCUT2D eigenvalue weighted by atomic mass is 35.5. The van der Waals surface area contributed by atoms with Gasteiger partial charge in [-0.2, -0.15) is 0 Å². The van der Waals surface area contributed by atoms with Crippen molar-refractivity contribution < 1.29 is 4.79 Å². The number of rotatable bonds is 2. The number of nitrogens with two attached hydrogens (primary N) is 1. The van der Waals surface area contributed by atoms with Crippen LogP contribution in [0.5, 0.6) is 0 Å². The smallest absolute Gasteiger partial charge is 0.237 e. The first kappa shape index (κ1) is 11.6. The third-order valence-electron chi connectivity index (χ3n) is 2.49. The molecule has 1 aromatic carbocycles. The van der Waals surface area contributed by atoms with Crippen molar-refractivity contribution in [2.24, 2.45) is 0 Å².